The Morgan fingerprint density at radius 1 is 1.53 bits per heavy atom. The number of piperazine rings is 1. The molecule has 1 aliphatic heterocycles. The van der Waals surface area contributed by atoms with E-state index in [1.54, 1.807) is 18.2 Å². The molecule has 1 fully saturated rings. The van der Waals surface area contributed by atoms with Gasteiger partial charge in [0.1, 0.15) is 0 Å². The van der Waals surface area contributed by atoms with Crippen LogP contribution >= 0.6 is 0 Å². The van der Waals surface area contributed by atoms with Gasteiger partial charge in [-0.05, 0) is 12.1 Å². The van der Waals surface area contributed by atoms with Crippen molar-refractivity contribution < 1.29 is 14.3 Å². The van der Waals surface area contributed by atoms with Crippen molar-refractivity contribution in [1.29, 1.82) is 0 Å². The van der Waals surface area contributed by atoms with Crippen LogP contribution in [0.2, 0.25) is 0 Å². The lowest BCUT2D eigenvalue weighted by molar-refractivity contribution is -0.121. The van der Waals surface area contributed by atoms with E-state index in [-0.39, 0.29) is 18.5 Å². The molecule has 1 amide bonds. The predicted molar refractivity (Wildman–Crippen MR) is 71.0 cm³/mol. The molecule has 1 unspecified atom stereocenters. The summed E-state index contributed by atoms with van der Waals surface area (Å²) >= 11 is 0. The second kappa shape index (κ2) is 5.71. The van der Waals surface area contributed by atoms with E-state index in [1.165, 1.54) is 7.11 Å². The van der Waals surface area contributed by atoms with Gasteiger partial charge in [0.2, 0.25) is 5.91 Å². The first-order chi connectivity index (χ1) is 9.15. The Morgan fingerprint density at radius 2 is 2.26 bits per heavy atom. The number of nitrogens with zero attached hydrogens (tertiary/aromatic N) is 1. The van der Waals surface area contributed by atoms with Gasteiger partial charge in [-0.25, -0.2) is 4.79 Å². The summed E-state index contributed by atoms with van der Waals surface area (Å²) < 4.78 is 4.76. The summed E-state index contributed by atoms with van der Waals surface area (Å²) in [6, 6.07) is 6.97. The largest absolute Gasteiger partial charge is 0.465 e. The van der Waals surface area contributed by atoms with Crippen LogP contribution in [0, 0.1) is 0 Å². The summed E-state index contributed by atoms with van der Waals surface area (Å²) in [5, 5.41) is 2.81. The zero-order chi connectivity index (χ0) is 13.8. The van der Waals surface area contributed by atoms with Crippen LogP contribution in [0.1, 0.15) is 10.4 Å². The highest BCUT2D eigenvalue weighted by Crippen LogP contribution is 2.22. The van der Waals surface area contributed by atoms with E-state index in [0.717, 1.165) is 0 Å². The molecule has 6 heteroatoms. The monoisotopic (exact) mass is 263 g/mol. The number of carbonyl (C=O) groups excluding carboxylic acids is 2. The molecule has 19 heavy (non-hydrogen) atoms. The summed E-state index contributed by atoms with van der Waals surface area (Å²) in [5.74, 6) is -0.507. The lowest BCUT2D eigenvalue weighted by atomic mass is 10.1. The van der Waals surface area contributed by atoms with Crippen molar-refractivity contribution in [1.82, 2.24) is 5.32 Å². The first-order valence-corrected chi connectivity index (χ1v) is 6.07. The maximum atomic E-state index is 11.7. The maximum absolute atomic E-state index is 11.7. The second-order valence-corrected chi connectivity index (χ2v) is 4.39. The zero-order valence-electron chi connectivity index (χ0n) is 10.8. The molecule has 1 aliphatic rings. The van der Waals surface area contributed by atoms with Crippen LogP contribution in [-0.4, -0.2) is 44.7 Å². The lowest BCUT2D eigenvalue weighted by Crippen LogP contribution is -2.57. The third-order valence-corrected chi connectivity index (χ3v) is 3.07. The fourth-order valence-electron chi connectivity index (χ4n) is 2.17. The van der Waals surface area contributed by atoms with Crippen molar-refractivity contribution >= 4 is 17.6 Å². The predicted octanol–water partition coefficient (Wildman–Crippen LogP) is -0.263. The zero-order valence-corrected chi connectivity index (χ0v) is 10.8. The average molecular weight is 263 g/mol. The fraction of sp³-hybridized carbons (Fsp3) is 0.385. The van der Waals surface area contributed by atoms with Gasteiger partial charge in [0, 0.05) is 13.1 Å². The summed E-state index contributed by atoms with van der Waals surface area (Å²) in [7, 11) is 1.34. The first-order valence-electron chi connectivity index (χ1n) is 6.07. The number of para-hydroxylation sites is 1. The van der Waals surface area contributed by atoms with Gasteiger partial charge in [0.05, 0.1) is 30.9 Å². The second-order valence-electron chi connectivity index (χ2n) is 4.39. The van der Waals surface area contributed by atoms with E-state index in [4.69, 9.17) is 10.5 Å². The molecular weight excluding hydrogens is 246 g/mol. The maximum Gasteiger partial charge on any atom is 0.339 e. The van der Waals surface area contributed by atoms with Gasteiger partial charge in [-0.3, -0.25) is 4.79 Å². The fourth-order valence-corrected chi connectivity index (χ4v) is 2.17. The SMILES string of the molecule is COC(=O)c1ccccc1N1CC(=O)NC(CN)C1. The molecule has 1 saturated heterocycles. The number of anilines is 1. The molecule has 6 nitrogen and oxygen atoms in total. The number of hydrogen-bond donors (Lipinski definition) is 2. The van der Waals surface area contributed by atoms with Gasteiger partial charge in [-0.2, -0.15) is 0 Å². The molecule has 1 heterocycles. The number of carbonyl (C=O) groups is 2. The first kappa shape index (κ1) is 13.4. The van der Waals surface area contributed by atoms with Gasteiger partial charge in [-0.15, -0.1) is 0 Å². The van der Waals surface area contributed by atoms with Crippen LogP contribution in [-0.2, 0) is 9.53 Å². The Bertz CT molecular complexity index is 490. The highest BCUT2D eigenvalue weighted by Gasteiger charge is 2.26. The Kier molecular flexibility index (Phi) is 4.01. The highest BCUT2D eigenvalue weighted by molar-refractivity contribution is 5.97. The summed E-state index contributed by atoms with van der Waals surface area (Å²) in [4.78, 5) is 25.2. The Balaban J connectivity index is 2.30. The number of amides is 1. The Morgan fingerprint density at radius 3 is 2.95 bits per heavy atom. The van der Waals surface area contributed by atoms with Crippen LogP contribution < -0.4 is 16.0 Å². The number of benzene rings is 1. The molecule has 1 atom stereocenters. The number of nitrogens with one attached hydrogen (secondary N) is 1. The molecule has 0 spiro atoms. The normalized spacial score (nSPS) is 18.9. The van der Waals surface area contributed by atoms with Crippen molar-refractivity contribution in [3.8, 4) is 0 Å². The third kappa shape index (κ3) is 2.85. The summed E-state index contributed by atoms with van der Waals surface area (Å²) in [6.45, 7) is 1.16. The van der Waals surface area contributed by atoms with Crippen molar-refractivity contribution in [3.05, 3.63) is 29.8 Å². The van der Waals surface area contributed by atoms with Crippen LogP contribution in [0.15, 0.2) is 24.3 Å². The number of hydrogen-bond acceptors (Lipinski definition) is 5. The van der Waals surface area contributed by atoms with Crippen molar-refractivity contribution in [2.75, 3.05) is 31.6 Å². The standard InChI is InChI=1S/C13H17N3O3/c1-19-13(18)10-4-2-3-5-11(10)16-7-9(6-14)15-12(17)8-16/h2-5,9H,6-8,14H2,1H3,(H,15,17). The topological polar surface area (TPSA) is 84.7 Å². The molecule has 0 saturated carbocycles. The smallest absolute Gasteiger partial charge is 0.339 e. The molecule has 1 aromatic carbocycles. The average Bonchev–Trinajstić information content (AvgIpc) is 2.45. The minimum Gasteiger partial charge on any atom is -0.465 e. The number of nitrogens with two attached hydrogens (primary N) is 1. The van der Waals surface area contributed by atoms with Crippen molar-refractivity contribution in [3.63, 3.8) is 0 Å². The van der Waals surface area contributed by atoms with Gasteiger partial charge < -0.3 is 20.7 Å². The summed E-state index contributed by atoms with van der Waals surface area (Å²) in [5.41, 5.74) is 6.75. The van der Waals surface area contributed by atoms with Crippen LogP contribution in [0.5, 0.6) is 0 Å². The van der Waals surface area contributed by atoms with Crippen molar-refractivity contribution in [2.24, 2.45) is 5.73 Å². The minimum atomic E-state index is -0.411. The lowest BCUT2D eigenvalue weighted by Gasteiger charge is -2.34. The molecule has 0 aliphatic carbocycles. The third-order valence-electron chi connectivity index (χ3n) is 3.07. The van der Waals surface area contributed by atoms with E-state index < -0.39 is 5.97 Å². The van der Waals surface area contributed by atoms with Gasteiger partial charge in [0.25, 0.3) is 0 Å². The van der Waals surface area contributed by atoms with E-state index in [9.17, 15) is 9.59 Å². The summed E-state index contributed by atoms with van der Waals surface area (Å²) in [6.07, 6.45) is 0. The van der Waals surface area contributed by atoms with E-state index in [2.05, 4.69) is 5.32 Å². The number of ether oxygens (including phenoxy) is 1. The highest BCUT2D eigenvalue weighted by atomic mass is 16.5. The molecule has 0 aromatic heterocycles. The van der Waals surface area contributed by atoms with Crippen LogP contribution in [0.4, 0.5) is 5.69 Å². The molecule has 0 radical (unpaired) electrons. The van der Waals surface area contributed by atoms with Gasteiger partial charge >= 0.3 is 5.97 Å². The van der Waals surface area contributed by atoms with E-state index >= 15 is 0 Å². The Hall–Kier alpha value is -2.08. The molecule has 102 valence electrons. The quantitative estimate of drug-likeness (QED) is 0.734. The van der Waals surface area contributed by atoms with Gasteiger partial charge in [-0.1, -0.05) is 12.1 Å². The number of rotatable bonds is 3. The molecular formula is C13H17N3O3. The minimum absolute atomic E-state index is 0.0960. The Labute approximate surface area is 111 Å². The van der Waals surface area contributed by atoms with Crippen molar-refractivity contribution in [2.45, 2.75) is 6.04 Å². The van der Waals surface area contributed by atoms with Crippen LogP contribution in [0.3, 0.4) is 0 Å². The molecule has 1 aromatic rings. The van der Waals surface area contributed by atoms with E-state index in [0.29, 0.717) is 24.3 Å². The van der Waals surface area contributed by atoms with E-state index in [1.807, 2.05) is 11.0 Å². The molecule has 3 N–H and O–H groups in total. The number of methoxy groups -OCH3 is 1. The molecule has 2 rings (SSSR count). The molecule has 0 bridgehead atoms. The van der Waals surface area contributed by atoms with Gasteiger partial charge in [0.15, 0.2) is 0 Å². The van der Waals surface area contributed by atoms with Crippen LogP contribution in [0.25, 0.3) is 0 Å². The number of esters is 1.